The zero-order valence-corrected chi connectivity index (χ0v) is 10.9. The van der Waals surface area contributed by atoms with Crippen molar-refractivity contribution >= 4 is 15.9 Å². The molecule has 1 unspecified atom stereocenters. The molecule has 0 fully saturated rings. The van der Waals surface area contributed by atoms with E-state index < -0.39 is 0 Å². The van der Waals surface area contributed by atoms with Crippen LogP contribution in [0.4, 0.5) is 0 Å². The molecule has 1 aromatic heterocycles. The minimum absolute atomic E-state index is 0.210. The van der Waals surface area contributed by atoms with Gasteiger partial charge in [0.1, 0.15) is 11.9 Å². The highest BCUT2D eigenvalue weighted by Gasteiger charge is 2.22. The summed E-state index contributed by atoms with van der Waals surface area (Å²) in [5.74, 6) is 1.01. The Kier molecular flexibility index (Phi) is 2.81. The second kappa shape index (κ2) is 4.45. The molecular weight excluding hydrogens is 280 g/mol. The third-order valence-electron chi connectivity index (χ3n) is 2.87. The van der Waals surface area contributed by atoms with Gasteiger partial charge in [-0.25, -0.2) is 0 Å². The van der Waals surface area contributed by atoms with Gasteiger partial charge in [-0.1, -0.05) is 15.9 Å². The molecule has 0 spiro atoms. The topological polar surface area (TPSA) is 26.2 Å². The van der Waals surface area contributed by atoms with E-state index in [1.54, 1.807) is 0 Å². The van der Waals surface area contributed by atoms with Crippen molar-refractivity contribution in [2.75, 3.05) is 12.0 Å². The van der Waals surface area contributed by atoms with Crippen molar-refractivity contribution < 1.29 is 4.74 Å². The molecule has 3 nitrogen and oxygen atoms in total. The molecule has 2 heterocycles. The summed E-state index contributed by atoms with van der Waals surface area (Å²) in [6.07, 6.45) is 5.14. The first-order valence-electron chi connectivity index (χ1n) is 5.63. The maximum atomic E-state index is 5.86. The van der Waals surface area contributed by atoms with Crippen LogP contribution in [0.25, 0.3) is 0 Å². The van der Waals surface area contributed by atoms with E-state index in [1.807, 2.05) is 41.3 Å². The first-order valence-corrected chi connectivity index (χ1v) is 6.42. The highest BCUT2D eigenvalue weighted by atomic mass is 79.9. The quantitative estimate of drug-likeness (QED) is 0.942. The van der Waals surface area contributed by atoms with Crippen LogP contribution in [0.1, 0.15) is 5.56 Å². The molecule has 88 valence electrons. The highest BCUT2D eigenvalue weighted by Crippen LogP contribution is 2.30. The molecule has 1 aliphatic rings. The molecule has 0 amide bonds. The third kappa shape index (κ3) is 2.31. The van der Waals surface area contributed by atoms with E-state index in [0.717, 1.165) is 23.2 Å². The number of ether oxygens (including phenoxy) is 1. The van der Waals surface area contributed by atoms with Crippen molar-refractivity contribution in [2.45, 2.75) is 12.5 Å². The van der Waals surface area contributed by atoms with Crippen molar-refractivity contribution in [1.82, 2.24) is 4.68 Å². The van der Waals surface area contributed by atoms with Crippen LogP contribution >= 0.6 is 15.9 Å². The number of hydrogen-bond donors (Lipinski definition) is 1. The number of benzene rings is 1. The molecule has 0 bridgehead atoms. The average Bonchev–Trinajstić information content (AvgIpc) is 2.94. The number of nitrogens with zero attached hydrogens (tertiary/aromatic N) is 1. The lowest BCUT2D eigenvalue weighted by molar-refractivity contribution is 0.242. The van der Waals surface area contributed by atoms with E-state index in [-0.39, 0.29) is 6.10 Å². The fraction of sp³-hybridized carbons (Fsp3) is 0.231. The summed E-state index contributed by atoms with van der Waals surface area (Å²) in [5, 5.41) is 0. The SMILES string of the molecule is Brc1ccc2c(c1)CC(CNn1cccc1)O2. The van der Waals surface area contributed by atoms with E-state index in [9.17, 15) is 0 Å². The normalized spacial score (nSPS) is 17.6. The van der Waals surface area contributed by atoms with Crippen LogP contribution in [0.3, 0.4) is 0 Å². The second-order valence-corrected chi connectivity index (χ2v) is 5.06. The van der Waals surface area contributed by atoms with E-state index >= 15 is 0 Å². The Hall–Kier alpha value is -1.42. The summed E-state index contributed by atoms with van der Waals surface area (Å²) in [4.78, 5) is 0. The Morgan fingerprint density at radius 1 is 1.35 bits per heavy atom. The Morgan fingerprint density at radius 3 is 3.00 bits per heavy atom. The number of hydrogen-bond acceptors (Lipinski definition) is 2. The highest BCUT2D eigenvalue weighted by molar-refractivity contribution is 9.10. The third-order valence-corrected chi connectivity index (χ3v) is 3.36. The molecule has 0 saturated carbocycles. The molecule has 17 heavy (non-hydrogen) atoms. The van der Waals surface area contributed by atoms with Crippen molar-refractivity contribution in [2.24, 2.45) is 0 Å². The number of fused-ring (bicyclic) bond motifs is 1. The van der Waals surface area contributed by atoms with Crippen molar-refractivity contribution in [3.05, 3.63) is 52.8 Å². The standard InChI is InChI=1S/C13H13BrN2O/c14-11-3-4-13-10(7-11)8-12(17-13)9-15-16-5-1-2-6-16/h1-7,12,15H,8-9H2. The molecule has 3 rings (SSSR count). The van der Waals surface area contributed by atoms with Gasteiger partial charge in [0.05, 0.1) is 6.54 Å². The fourth-order valence-corrected chi connectivity index (χ4v) is 2.46. The average molecular weight is 293 g/mol. The molecular formula is C13H13BrN2O. The van der Waals surface area contributed by atoms with Gasteiger partial charge in [-0.2, -0.15) is 0 Å². The summed E-state index contributed by atoms with van der Waals surface area (Å²) in [6, 6.07) is 10.2. The van der Waals surface area contributed by atoms with Crippen LogP contribution in [0, 0.1) is 0 Å². The van der Waals surface area contributed by atoms with Gasteiger partial charge in [0, 0.05) is 23.3 Å². The Balaban J connectivity index is 1.62. The fourth-order valence-electron chi connectivity index (χ4n) is 2.05. The summed E-state index contributed by atoms with van der Waals surface area (Å²) in [5.41, 5.74) is 4.57. The summed E-state index contributed by atoms with van der Waals surface area (Å²) in [7, 11) is 0. The smallest absolute Gasteiger partial charge is 0.123 e. The van der Waals surface area contributed by atoms with Gasteiger partial charge >= 0.3 is 0 Å². The number of aromatic nitrogens is 1. The first-order chi connectivity index (χ1) is 8.31. The van der Waals surface area contributed by atoms with Gasteiger partial charge in [-0.3, -0.25) is 4.68 Å². The van der Waals surface area contributed by atoms with E-state index in [2.05, 4.69) is 27.4 Å². The maximum Gasteiger partial charge on any atom is 0.123 e. The second-order valence-electron chi connectivity index (χ2n) is 4.15. The largest absolute Gasteiger partial charge is 0.488 e. The van der Waals surface area contributed by atoms with Gasteiger partial charge in [-0.05, 0) is 35.9 Å². The molecule has 1 aromatic carbocycles. The minimum atomic E-state index is 0.210. The summed E-state index contributed by atoms with van der Waals surface area (Å²) >= 11 is 3.48. The lowest BCUT2D eigenvalue weighted by Crippen LogP contribution is -2.28. The van der Waals surface area contributed by atoms with Crippen molar-refractivity contribution in [3.63, 3.8) is 0 Å². The van der Waals surface area contributed by atoms with Crippen molar-refractivity contribution in [3.8, 4) is 5.75 Å². The Labute approximate surface area is 108 Å². The minimum Gasteiger partial charge on any atom is -0.488 e. The lowest BCUT2D eigenvalue weighted by atomic mass is 10.1. The molecule has 2 aromatic rings. The van der Waals surface area contributed by atoms with Crippen molar-refractivity contribution in [1.29, 1.82) is 0 Å². The zero-order chi connectivity index (χ0) is 11.7. The van der Waals surface area contributed by atoms with E-state index in [0.29, 0.717) is 0 Å². The van der Waals surface area contributed by atoms with Crippen LogP contribution in [-0.4, -0.2) is 17.3 Å². The van der Waals surface area contributed by atoms with E-state index in [4.69, 9.17) is 4.74 Å². The van der Waals surface area contributed by atoms with Crippen LogP contribution in [0.5, 0.6) is 5.75 Å². The molecule has 0 radical (unpaired) electrons. The van der Waals surface area contributed by atoms with Crippen LogP contribution in [-0.2, 0) is 6.42 Å². The van der Waals surface area contributed by atoms with Gasteiger partial charge in [0.15, 0.2) is 0 Å². The molecule has 0 saturated heterocycles. The maximum absolute atomic E-state index is 5.86. The summed E-state index contributed by atoms with van der Waals surface area (Å²) in [6.45, 7) is 0.807. The van der Waals surface area contributed by atoms with E-state index in [1.165, 1.54) is 5.56 Å². The number of rotatable bonds is 3. The van der Waals surface area contributed by atoms with Crippen LogP contribution < -0.4 is 10.2 Å². The Bertz CT molecular complexity index is 510. The van der Waals surface area contributed by atoms with Gasteiger partial charge in [-0.15, -0.1) is 0 Å². The Morgan fingerprint density at radius 2 is 2.18 bits per heavy atom. The van der Waals surface area contributed by atoms with Gasteiger partial charge in [0.25, 0.3) is 0 Å². The van der Waals surface area contributed by atoms with Crippen LogP contribution in [0.15, 0.2) is 47.2 Å². The molecule has 0 aliphatic carbocycles. The first kappa shape index (κ1) is 10.7. The molecule has 1 aliphatic heterocycles. The van der Waals surface area contributed by atoms with Gasteiger partial charge in [0.2, 0.25) is 0 Å². The lowest BCUT2D eigenvalue weighted by Gasteiger charge is -2.13. The summed E-state index contributed by atoms with van der Waals surface area (Å²) < 4.78 is 8.92. The number of halogens is 1. The molecule has 1 N–H and O–H groups in total. The number of nitrogens with one attached hydrogen (secondary N) is 1. The monoisotopic (exact) mass is 292 g/mol. The zero-order valence-electron chi connectivity index (χ0n) is 9.27. The predicted molar refractivity (Wildman–Crippen MR) is 70.9 cm³/mol. The molecule has 4 heteroatoms. The molecule has 1 atom stereocenters. The van der Waals surface area contributed by atoms with Crippen LogP contribution in [0.2, 0.25) is 0 Å². The predicted octanol–water partition coefficient (Wildman–Crippen LogP) is 2.80. The van der Waals surface area contributed by atoms with Gasteiger partial charge < -0.3 is 10.2 Å².